The van der Waals surface area contributed by atoms with Crippen LogP contribution in [0.3, 0.4) is 0 Å². The second kappa shape index (κ2) is 6.74. The molecule has 0 saturated heterocycles. The van der Waals surface area contributed by atoms with Gasteiger partial charge in [-0.3, -0.25) is 4.79 Å². The number of aromatic amines is 1. The minimum atomic E-state index is -4.65. The molecule has 3 unspecified atom stereocenters. The van der Waals surface area contributed by atoms with Crippen LogP contribution >= 0.6 is 0 Å². The summed E-state index contributed by atoms with van der Waals surface area (Å²) in [5, 5.41) is 0. The number of rotatable bonds is 7. The maximum absolute atomic E-state index is 14.6. The molecular formula is C20H22F4N2O2. The van der Waals surface area contributed by atoms with Crippen LogP contribution in [0.25, 0.3) is 11.0 Å². The molecule has 2 saturated carbocycles. The van der Waals surface area contributed by atoms with E-state index in [1.54, 1.807) is 0 Å². The van der Waals surface area contributed by atoms with Gasteiger partial charge in [-0.05, 0) is 62.0 Å². The average Bonchev–Trinajstić information content (AvgIpc) is 3.33. The van der Waals surface area contributed by atoms with Crippen LogP contribution in [0.5, 0.6) is 5.75 Å². The highest BCUT2D eigenvalue weighted by Crippen LogP contribution is 2.57. The van der Waals surface area contributed by atoms with Gasteiger partial charge in [0.15, 0.2) is 5.69 Å². The zero-order valence-corrected chi connectivity index (χ0v) is 15.5. The van der Waals surface area contributed by atoms with E-state index >= 15 is 0 Å². The minimum Gasteiger partial charge on any atom is -0.497 e. The van der Waals surface area contributed by atoms with Gasteiger partial charge in [-0.2, -0.15) is 17.6 Å². The van der Waals surface area contributed by atoms with Crippen molar-refractivity contribution in [3.05, 3.63) is 34.2 Å². The van der Waals surface area contributed by atoms with Crippen molar-refractivity contribution in [1.82, 2.24) is 9.97 Å². The topological polar surface area (TPSA) is 55.0 Å². The molecular weight excluding hydrogens is 376 g/mol. The Morgan fingerprint density at radius 3 is 2.68 bits per heavy atom. The quantitative estimate of drug-likeness (QED) is 0.677. The van der Waals surface area contributed by atoms with Gasteiger partial charge in [0.2, 0.25) is 0 Å². The summed E-state index contributed by atoms with van der Waals surface area (Å²) < 4.78 is 63.0. The Bertz CT molecular complexity index is 943. The second-order valence-electron chi connectivity index (χ2n) is 7.97. The van der Waals surface area contributed by atoms with E-state index in [0.717, 1.165) is 25.2 Å². The summed E-state index contributed by atoms with van der Waals surface area (Å²) in [6.45, 7) is 0. The summed E-state index contributed by atoms with van der Waals surface area (Å²) in [6.07, 6.45) is 2.87. The molecule has 1 heterocycles. The minimum absolute atomic E-state index is 0.00314. The highest BCUT2D eigenvalue weighted by molar-refractivity contribution is 5.75. The van der Waals surface area contributed by atoms with Gasteiger partial charge in [-0.25, -0.2) is 4.98 Å². The van der Waals surface area contributed by atoms with Crippen LogP contribution in [0.15, 0.2) is 23.0 Å². The number of aromatic nitrogens is 2. The van der Waals surface area contributed by atoms with Crippen molar-refractivity contribution < 1.29 is 22.3 Å². The first-order valence-electron chi connectivity index (χ1n) is 9.57. The Morgan fingerprint density at radius 2 is 2.04 bits per heavy atom. The van der Waals surface area contributed by atoms with Gasteiger partial charge < -0.3 is 9.72 Å². The van der Waals surface area contributed by atoms with Crippen LogP contribution in [-0.2, 0) is 5.92 Å². The number of benzene rings is 1. The van der Waals surface area contributed by atoms with Crippen molar-refractivity contribution in [2.45, 2.75) is 50.4 Å². The summed E-state index contributed by atoms with van der Waals surface area (Å²) in [6, 6.07) is 4.20. The molecule has 28 heavy (non-hydrogen) atoms. The second-order valence-corrected chi connectivity index (χ2v) is 7.97. The zero-order valence-electron chi connectivity index (χ0n) is 15.5. The monoisotopic (exact) mass is 398 g/mol. The first kappa shape index (κ1) is 19.2. The lowest BCUT2D eigenvalue weighted by Gasteiger charge is -2.26. The molecule has 0 amide bonds. The maximum atomic E-state index is 14.6. The lowest BCUT2D eigenvalue weighted by Crippen LogP contribution is -2.42. The molecule has 4 nitrogen and oxygen atoms in total. The normalized spacial score (nSPS) is 24.4. The van der Waals surface area contributed by atoms with Gasteiger partial charge in [-0.15, -0.1) is 0 Å². The highest BCUT2D eigenvalue weighted by Gasteiger charge is 2.59. The largest absolute Gasteiger partial charge is 0.497 e. The molecule has 1 aromatic carbocycles. The predicted octanol–water partition coefficient (Wildman–Crippen LogP) is 4.88. The number of fused-ring (bicyclic) bond motifs is 2. The Morgan fingerprint density at radius 1 is 1.25 bits per heavy atom. The van der Waals surface area contributed by atoms with Gasteiger partial charge >= 0.3 is 11.8 Å². The van der Waals surface area contributed by atoms with Gasteiger partial charge in [0.1, 0.15) is 5.75 Å². The zero-order chi connectivity index (χ0) is 20.1. The van der Waals surface area contributed by atoms with Crippen molar-refractivity contribution in [3.63, 3.8) is 0 Å². The Kier molecular flexibility index (Phi) is 4.62. The number of halogens is 4. The van der Waals surface area contributed by atoms with Gasteiger partial charge in [0, 0.05) is 12.5 Å². The number of methoxy groups -OCH3 is 1. The molecule has 0 spiro atoms. The third-order valence-electron chi connectivity index (χ3n) is 6.21. The van der Waals surface area contributed by atoms with E-state index < -0.39 is 29.5 Å². The summed E-state index contributed by atoms with van der Waals surface area (Å²) >= 11 is 0. The summed E-state index contributed by atoms with van der Waals surface area (Å²) in [4.78, 5) is 17.9. The molecule has 0 radical (unpaired) electrons. The fraction of sp³-hybridized carbons (Fsp3) is 0.600. The maximum Gasteiger partial charge on any atom is 0.357 e. The number of H-pyrrole nitrogens is 1. The van der Waals surface area contributed by atoms with Gasteiger partial charge in [-0.1, -0.05) is 0 Å². The summed E-state index contributed by atoms with van der Waals surface area (Å²) in [7, 11) is 1.41. The number of alkyl halides is 4. The predicted molar refractivity (Wildman–Crippen MR) is 95.9 cm³/mol. The third kappa shape index (κ3) is 3.26. The molecule has 2 aromatic rings. The van der Waals surface area contributed by atoms with E-state index in [1.165, 1.54) is 25.3 Å². The molecule has 2 aliphatic carbocycles. The van der Waals surface area contributed by atoms with E-state index in [0.29, 0.717) is 24.0 Å². The average molecular weight is 398 g/mol. The molecule has 2 fully saturated rings. The third-order valence-corrected chi connectivity index (χ3v) is 6.21. The number of nitrogens with one attached hydrogen (secondary N) is 1. The number of hydrogen-bond donors (Lipinski definition) is 1. The van der Waals surface area contributed by atoms with Crippen LogP contribution in [0.4, 0.5) is 17.6 Å². The first-order valence-corrected chi connectivity index (χ1v) is 9.57. The van der Waals surface area contributed by atoms with Crippen LogP contribution in [0.2, 0.25) is 0 Å². The van der Waals surface area contributed by atoms with Gasteiger partial charge in [0.05, 0.1) is 18.1 Å². The van der Waals surface area contributed by atoms with Gasteiger partial charge in [0.25, 0.3) is 5.56 Å². The molecule has 0 aliphatic heterocycles. The highest BCUT2D eigenvalue weighted by atomic mass is 19.3. The SMILES string of the molecule is COc1ccc2nc(C(F)(F)C(F)(F)CCCC3CCC4CC34)c(=O)[nH]c2c1. The van der Waals surface area contributed by atoms with Crippen molar-refractivity contribution >= 4 is 11.0 Å². The lowest BCUT2D eigenvalue weighted by atomic mass is 9.94. The van der Waals surface area contributed by atoms with E-state index in [-0.39, 0.29) is 17.5 Å². The van der Waals surface area contributed by atoms with Crippen LogP contribution in [0.1, 0.15) is 44.2 Å². The molecule has 152 valence electrons. The molecule has 8 heteroatoms. The van der Waals surface area contributed by atoms with Crippen molar-refractivity contribution in [1.29, 1.82) is 0 Å². The van der Waals surface area contributed by atoms with Crippen molar-refractivity contribution in [2.24, 2.45) is 17.8 Å². The fourth-order valence-corrected chi connectivity index (χ4v) is 4.50. The van der Waals surface area contributed by atoms with Crippen LogP contribution in [-0.4, -0.2) is 23.0 Å². The standard InChI is InChI=1S/C20H22F4N2O2/c1-28-13-6-7-15-16(10-13)26-18(27)17(25-15)20(23,24)19(21,22)8-2-3-11-4-5-12-9-14(11)12/h6-7,10-12,14H,2-5,8-9H2,1H3,(H,26,27). The summed E-state index contributed by atoms with van der Waals surface area (Å²) in [5.74, 6) is -6.88. The van der Waals surface area contributed by atoms with Crippen molar-refractivity contribution in [3.8, 4) is 5.75 Å². The molecule has 0 bridgehead atoms. The first-order chi connectivity index (χ1) is 13.2. The molecule has 1 aromatic heterocycles. The van der Waals surface area contributed by atoms with Crippen molar-refractivity contribution in [2.75, 3.05) is 7.11 Å². The molecule has 4 rings (SSSR count). The smallest absolute Gasteiger partial charge is 0.357 e. The van der Waals surface area contributed by atoms with E-state index in [4.69, 9.17) is 4.74 Å². The van der Waals surface area contributed by atoms with Crippen LogP contribution < -0.4 is 10.3 Å². The molecule has 1 N–H and O–H groups in total. The van der Waals surface area contributed by atoms with E-state index in [9.17, 15) is 22.4 Å². The number of ether oxygens (including phenoxy) is 1. The number of hydrogen-bond acceptors (Lipinski definition) is 3. The van der Waals surface area contributed by atoms with Crippen LogP contribution in [0, 0.1) is 17.8 Å². The van der Waals surface area contributed by atoms with E-state index in [1.807, 2.05) is 0 Å². The fourth-order valence-electron chi connectivity index (χ4n) is 4.50. The lowest BCUT2D eigenvalue weighted by molar-refractivity contribution is -0.222. The number of nitrogens with zero attached hydrogens (tertiary/aromatic N) is 1. The molecule has 3 atom stereocenters. The van der Waals surface area contributed by atoms with E-state index in [2.05, 4.69) is 9.97 Å². The molecule has 2 aliphatic rings. The Labute approximate surface area is 159 Å². The Hall–Kier alpha value is -2.12. The Balaban J connectivity index is 1.53. The summed E-state index contributed by atoms with van der Waals surface area (Å²) in [5.41, 5.74) is -2.62.